The van der Waals surface area contributed by atoms with E-state index in [0.29, 0.717) is 16.7 Å². The van der Waals surface area contributed by atoms with Gasteiger partial charge in [0.05, 0.1) is 0 Å². The first kappa shape index (κ1) is 22.2. The molecule has 0 saturated heterocycles. The number of hydrogen-bond donors (Lipinski definition) is 0. The molecular formula is C30H46. The maximum atomic E-state index is 4.69. The van der Waals surface area contributed by atoms with E-state index in [4.69, 9.17) is 0 Å². The Kier molecular flexibility index (Phi) is 5.78. The third kappa shape index (κ3) is 3.41. The minimum Gasteiger partial charge on any atom is -0.0999 e. The molecule has 0 amide bonds. The van der Waals surface area contributed by atoms with Gasteiger partial charge in [-0.3, -0.25) is 0 Å². The predicted molar refractivity (Wildman–Crippen MR) is 131 cm³/mol. The molecule has 0 radical (unpaired) electrons. The zero-order chi connectivity index (χ0) is 21.8. The van der Waals surface area contributed by atoms with E-state index >= 15 is 0 Å². The summed E-state index contributed by atoms with van der Waals surface area (Å²) < 4.78 is 0. The summed E-state index contributed by atoms with van der Waals surface area (Å²) in [5.41, 5.74) is 8.90. The molecule has 0 aromatic heterocycles. The fraction of sp³-hybridized carbons (Fsp3) is 0.733. The summed E-state index contributed by atoms with van der Waals surface area (Å²) >= 11 is 0. The second-order valence-corrected chi connectivity index (χ2v) is 12.3. The predicted octanol–water partition coefficient (Wildman–Crippen LogP) is 9.06. The summed E-state index contributed by atoms with van der Waals surface area (Å²) in [4.78, 5) is 0. The molecule has 0 bridgehead atoms. The summed E-state index contributed by atoms with van der Waals surface area (Å²) in [7, 11) is 0. The zero-order valence-corrected chi connectivity index (χ0v) is 20.6. The van der Waals surface area contributed by atoms with Crippen LogP contribution >= 0.6 is 0 Å². The first-order valence-corrected chi connectivity index (χ1v) is 12.8. The summed E-state index contributed by atoms with van der Waals surface area (Å²) in [6.45, 7) is 25.7. The molecule has 0 spiro atoms. The van der Waals surface area contributed by atoms with Gasteiger partial charge in [-0.25, -0.2) is 0 Å². The van der Waals surface area contributed by atoms with Crippen molar-refractivity contribution >= 4 is 0 Å². The SMILES string of the molecule is C=C1CCC2(C)C3=C(C(=C)CC2C1)C1CCC(C(C)CCC(=C)C(C)C)C1(C)CC3. The molecule has 0 aliphatic heterocycles. The van der Waals surface area contributed by atoms with E-state index in [0.717, 1.165) is 23.7 Å². The third-order valence-electron chi connectivity index (χ3n) is 10.4. The standard InChI is InChI=1S/C30H46/c1-19(2)21(4)9-10-22(5)25-11-12-26-28-23(6)18-24-17-20(3)13-15-29(24,7)27(28)14-16-30(25,26)8/h19,22,24-26H,3-4,6,9-18H2,1-2,5,7-8H3. The summed E-state index contributed by atoms with van der Waals surface area (Å²) in [5.74, 6) is 3.80. The van der Waals surface area contributed by atoms with Crippen LogP contribution in [0.2, 0.25) is 0 Å². The van der Waals surface area contributed by atoms with Gasteiger partial charge >= 0.3 is 0 Å². The van der Waals surface area contributed by atoms with Crippen LogP contribution < -0.4 is 0 Å². The molecule has 30 heavy (non-hydrogen) atoms. The van der Waals surface area contributed by atoms with Crippen LogP contribution in [0.1, 0.15) is 98.8 Å². The topological polar surface area (TPSA) is 0 Å². The van der Waals surface area contributed by atoms with Gasteiger partial charge in [0, 0.05) is 0 Å². The normalized spacial score (nSPS) is 39.6. The molecule has 0 heterocycles. The van der Waals surface area contributed by atoms with Gasteiger partial charge in [0.1, 0.15) is 0 Å². The van der Waals surface area contributed by atoms with Crippen LogP contribution in [0.4, 0.5) is 0 Å². The molecule has 0 aromatic carbocycles. The lowest BCUT2D eigenvalue weighted by Gasteiger charge is -2.55. The Morgan fingerprint density at radius 1 is 1.03 bits per heavy atom. The largest absolute Gasteiger partial charge is 0.0999 e. The minimum absolute atomic E-state index is 0.414. The quantitative estimate of drug-likeness (QED) is 0.399. The van der Waals surface area contributed by atoms with Crippen LogP contribution in [0.25, 0.3) is 0 Å². The van der Waals surface area contributed by atoms with E-state index in [-0.39, 0.29) is 0 Å². The average molecular weight is 407 g/mol. The van der Waals surface area contributed by atoms with Crippen molar-refractivity contribution in [2.24, 2.45) is 40.4 Å². The number of allylic oxidation sites excluding steroid dienone is 5. The third-order valence-corrected chi connectivity index (χ3v) is 10.4. The first-order chi connectivity index (χ1) is 14.1. The Balaban J connectivity index is 1.58. The van der Waals surface area contributed by atoms with E-state index in [2.05, 4.69) is 54.4 Å². The van der Waals surface area contributed by atoms with Crippen molar-refractivity contribution < 1.29 is 0 Å². The molecule has 0 nitrogen and oxygen atoms in total. The fourth-order valence-corrected chi connectivity index (χ4v) is 8.15. The van der Waals surface area contributed by atoms with Gasteiger partial charge in [0.2, 0.25) is 0 Å². The van der Waals surface area contributed by atoms with Crippen molar-refractivity contribution in [2.45, 2.75) is 98.8 Å². The van der Waals surface area contributed by atoms with E-state index in [1.54, 1.807) is 5.57 Å². The number of fused-ring (bicyclic) bond motifs is 4. The highest BCUT2D eigenvalue weighted by atomic mass is 14.6. The van der Waals surface area contributed by atoms with Gasteiger partial charge in [0.25, 0.3) is 0 Å². The Morgan fingerprint density at radius 2 is 1.77 bits per heavy atom. The molecule has 0 aromatic rings. The molecule has 6 atom stereocenters. The highest BCUT2D eigenvalue weighted by Crippen LogP contribution is 2.67. The molecule has 4 aliphatic carbocycles. The van der Waals surface area contributed by atoms with E-state index in [9.17, 15) is 0 Å². The van der Waals surface area contributed by atoms with Crippen LogP contribution in [0, 0.1) is 40.4 Å². The smallest absolute Gasteiger partial charge is 0.00729 e. The van der Waals surface area contributed by atoms with E-state index < -0.39 is 0 Å². The van der Waals surface area contributed by atoms with Crippen molar-refractivity contribution in [2.75, 3.05) is 0 Å². The number of rotatable bonds is 5. The molecule has 4 aliphatic rings. The molecule has 0 heteroatoms. The van der Waals surface area contributed by atoms with Crippen LogP contribution in [-0.2, 0) is 0 Å². The monoisotopic (exact) mass is 406 g/mol. The molecule has 2 fully saturated rings. The molecule has 166 valence electrons. The Morgan fingerprint density at radius 3 is 2.47 bits per heavy atom. The maximum Gasteiger partial charge on any atom is -0.00729 e. The lowest BCUT2D eigenvalue weighted by atomic mass is 9.49. The Labute approximate surface area is 187 Å². The van der Waals surface area contributed by atoms with Crippen molar-refractivity contribution in [3.8, 4) is 0 Å². The summed E-state index contributed by atoms with van der Waals surface area (Å²) in [6, 6.07) is 0. The molecular weight excluding hydrogens is 360 g/mol. The molecule has 4 rings (SSSR count). The lowest BCUT2D eigenvalue weighted by Crippen LogP contribution is -2.44. The van der Waals surface area contributed by atoms with Crippen molar-refractivity contribution in [1.82, 2.24) is 0 Å². The van der Waals surface area contributed by atoms with Gasteiger partial charge in [-0.05, 0) is 110 Å². The van der Waals surface area contributed by atoms with Crippen molar-refractivity contribution in [3.63, 3.8) is 0 Å². The minimum atomic E-state index is 0.414. The second kappa shape index (κ2) is 7.83. The maximum absolute atomic E-state index is 4.69. The first-order valence-electron chi connectivity index (χ1n) is 12.8. The average Bonchev–Trinajstić information content (AvgIpc) is 3.04. The fourth-order valence-electron chi connectivity index (χ4n) is 8.15. The Bertz CT molecular complexity index is 776. The van der Waals surface area contributed by atoms with Crippen LogP contribution in [0.5, 0.6) is 0 Å². The lowest BCUT2D eigenvalue weighted by molar-refractivity contribution is 0.0826. The molecule has 6 unspecified atom stereocenters. The highest BCUT2D eigenvalue weighted by molar-refractivity contribution is 5.47. The highest BCUT2D eigenvalue weighted by Gasteiger charge is 2.56. The Hall–Kier alpha value is -1.04. The van der Waals surface area contributed by atoms with E-state index in [1.807, 2.05) is 5.57 Å². The molecule has 2 saturated carbocycles. The van der Waals surface area contributed by atoms with Crippen molar-refractivity contribution in [1.29, 1.82) is 0 Å². The van der Waals surface area contributed by atoms with E-state index in [1.165, 1.54) is 80.9 Å². The van der Waals surface area contributed by atoms with Gasteiger partial charge in [0.15, 0.2) is 0 Å². The van der Waals surface area contributed by atoms with Crippen LogP contribution in [0.3, 0.4) is 0 Å². The van der Waals surface area contributed by atoms with Gasteiger partial charge in [-0.15, -0.1) is 0 Å². The van der Waals surface area contributed by atoms with Crippen LogP contribution in [0.15, 0.2) is 47.6 Å². The zero-order valence-electron chi connectivity index (χ0n) is 20.6. The van der Waals surface area contributed by atoms with Gasteiger partial charge in [-0.1, -0.05) is 76.6 Å². The van der Waals surface area contributed by atoms with Crippen molar-refractivity contribution in [3.05, 3.63) is 47.6 Å². The second-order valence-electron chi connectivity index (χ2n) is 12.3. The summed E-state index contributed by atoms with van der Waals surface area (Å²) in [6.07, 6.45) is 13.1. The summed E-state index contributed by atoms with van der Waals surface area (Å²) in [5, 5.41) is 0. The molecule has 0 N–H and O–H groups in total. The number of hydrogen-bond acceptors (Lipinski definition) is 0. The van der Waals surface area contributed by atoms with Crippen LogP contribution in [-0.4, -0.2) is 0 Å². The van der Waals surface area contributed by atoms with Gasteiger partial charge in [-0.2, -0.15) is 0 Å². The van der Waals surface area contributed by atoms with Gasteiger partial charge < -0.3 is 0 Å².